The Morgan fingerprint density at radius 1 is 0.968 bits per heavy atom. The number of carbonyl (C=O) groups is 1. The highest BCUT2D eigenvalue weighted by atomic mass is 16.5. The molecular formula is C24H28N4O3. The Kier molecular flexibility index (Phi) is 7.32. The number of hydrogen-bond acceptors (Lipinski definition) is 4. The average Bonchev–Trinajstić information content (AvgIpc) is 3.04. The van der Waals surface area contributed by atoms with Crippen LogP contribution in [0.25, 0.3) is 5.69 Å². The van der Waals surface area contributed by atoms with Gasteiger partial charge in [-0.3, -0.25) is 0 Å². The molecule has 0 spiro atoms. The van der Waals surface area contributed by atoms with Crippen molar-refractivity contribution in [3.63, 3.8) is 0 Å². The quantitative estimate of drug-likeness (QED) is 0.396. The highest BCUT2D eigenvalue weighted by Crippen LogP contribution is 2.22. The molecule has 0 fully saturated rings. The average molecular weight is 421 g/mol. The molecule has 0 atom stereocenters. The summed E-state index contributed by atoms with van der Waals surface area (Å²) >= 11 is 0. The molecule has 7 heteroatoms. The Labute approximate surface area is 182 Å². The maximum absolute atomic E-state index is 12.1. The van der Waals surface area contributed by atoms with Gasteiger partial charge in [-0.15, -0.1) is 0 Å². The third kappa shape index (κ3) is 5.66. The summed E-state index contributed by atoms with van der Waals surface area (Å²) in [7, 11) is 0. The number of benzene rings is 2. The number of aromatic nitrogens is 1. The fraction of sp³-hybridized carbons (Fsp3) is 0.250. The van der Waals surface area contributed by atoms with Crippen LogP contribution in [-0.2, 0) is 0 Å². The predicted octanol–water partition coefficient (Wildman–Crippen LogP) is 5.05. The van der Waals surface area contributed by atoms with Gasteiger partial charge in [-0.1, -0.05) is 0 Å². The van der Waals surface area contributed by atoms with E-state index in [9.17, 15) is 4.79 Å². The van der Waals surface area contributed by atoms with Crippen LogP contribution in [0.1, 0.15) is 30.8 Å². The fourth-order valence-electron chi connectivity index (χ4n) is 3.29. The molecule has 0 saturated heterocycles. The Hall–Kier alpha value is -3.74. The van der Waals surface area contributed by atoms with E-state index >= 15 is 0 Å². The number of aryl methyl sites for hydroxylation is 1. The van der Waals surface area contributed by atoms with Gasteiger partial charge >= 0.3 is 6.03 Å². The lowest BCUT2D eigenvalue weighted by Crippen LogP contribution is -2.24. The second-order valence-electron chi connectivity index (χ2n) is 6.87. The van der Waals surface area contributed by atoms with Crippen molar-refractivity contribution in [2.45, 2.75) is 27.7 Å². The smallest absolute Gasteiger partial charge is 0.339 e. The van der Waals surface area contributed by atoms with Crippen molar-refractivity contribution in [3.05, 3.63) is 71.5 Å². The monoisotopic (exact) mass is 420 g/mol. The van der Waals surface area contributed by atoms with E-state index in [2.05, 4.69) is 20.4 Å². The van der Waals surface area contributed by atoms with E-state index in [0.717, 1.165) is 34.1 Å². The Balaban J connectivity index is 1.63. The summed E-state index contributed by atoms with van der Waals surface area (Å²) in [6.45, 7) is 9.18. The summed E-state index contributed by atoms with van der Waals surface area (Å²) < 4.78 is 13.0. The fourth-order valence-corrected chi connectivity index (χ4v) is 3.29. The van der Waals surface area contributed by atoms with E-state index in [4.69, 9.17) is 9.47 Å². The van der Waals surface area contributed by atoms with Gasteiger partial charge < -0.3 is 19.4 Å². The standard InChI is InChI=1S/C24H28N4O3/c1-5-30-22-11-7-20(8-12-22)26-24(29)27-25-16-19-15-17(3)28(18(19)4)21-9-13-23(14-10-21)31-6-2/h7-16H,5-6H2,1-4H3,(H2,26,27,29)/b25-16+. The minimum absolute atomic E-state index is 0.416. The second-order valence-corrected chi connectivity index (χ2v) is 6.87. The van der Waals surface area contributed by atoms with E-state index < -0.39 is 6.03 Å². The van der Waals surface area contributed by atoms with Gasteiger partial charge in [-0.2, -0.15) is 5.10 Å². The number of carbonyl (C=O) groups excluding carboxylic acids is 1. The minimum Gasteiger partial charge on any atom is -0.494 e. The molecule has 0 saturated carbocycles. The Morgan fingerprint density at radius 3 is 2.13 bits per heavy atom. The molecule has 2 amide bonds. The largest absolute Gasteiger partial charge is 0.494 e. The lowest BCUT2D eigenvalue weighted by Gasteiger charge is -2.11. The molecule has 3 rings (SSSR count). The number of rotatable bonds is 8. The van der Waals surface area contributed by atoms with Crippen molar-refractivity contribution < 1.29 is 14.3 Å². The maximum atomic E-state index is 12.1. The number of hydrazone groups is 1. The van der Waals surface area contributed by atoms with Crippen LogP contribution in [0.5, 0.6) is 11.5 Å². The highest BCUT2D eigenvalue weighted by Gasteiger charge is 2.10. The Morgan fingerprint density at radius 2 is 1.55 bits per heavy atom. The molecule has 1 heterocycles. The molecule has 162 valence electrons. The van der Waals surface area contributed by atoms with Gasteiger partial charge in [0.05, 0.1) is 19.4 Å². The molecule has 0 bridgehead atoms. The zero-order chi connectivity index (χ0) is 22.2. The van der Waals surface area contributed by atoms with Gasteiger partial charge in [0.2, 0.25) is 0 Å². The minimum atomic E-state index is -0.416. The molecule has 0 aliphatic rings. The van der Waals surface area contributed by atoms with Gasteiger partial charge in [-0.05, 0) is 82.3 Å². The van der Waals surface area contributed by atoms with E-state index in [1.807, 2.05) is 58.0 Å². The van der Waals surface area contributed by atoms with Crippen LogP contribution in [0, 0.1) is 13.8 Å². The number of amides is 2. The van der Waals surface area contributed by atoms with E-state index in [0.29, 0.717) is 18.9 Å². The summed E-state index contributed by atoms with van der Waals surface area (Å²) in [5.41, 5.74) is 7.22. The third-order valence-corrected chi connectivity index (χ3v) is 4.67. The van der Waals surface area contributed by atoms with Gasteiger partial charge in [0.1, 0.15) is 11.5 Å². The van der Waals surface area contributed by atoms with Crippen LogP contribution in [0.2, 0.25) is 0 Å². The zero-order valence-corrected chi connectivity index (χ0v) is 18.3. The molecule has 2 aromatic carbocycles. The van der Waals surface area contributed by atoms with Crippen LogP contribution in [-0.4, -0.2) is 30.0 Å². The zero-order valence-electron chi connectivity index (χ0n) is 18.3. The van der Waals surface area contributed by atoms with Gasteiger partial charge in [0.25, 0.3) is 0 Å². The normalized spacial score (nSPS) is 10.8. The third-order valence-electron chi connectivity index (χ3n) is 4.67. The number of hydrogen-bond donors (Lipinski definition) is 2. The predicted molar refractivity (Wildman–Crippen MR) is 124 cm³/mol. The van der Waals surface area contributed by atoms with E-state index in [-0.39, 0.29) is 0 Å². The van der Waals surface area contributed by atoms with Crippen molar-refractivity contribution in [2.24, 2.45) is 5.10 Å². The van der Waals surface area contributed by atoms with E-state index in [1.54, 1.807) is 30.5 Å². The number of ether oxygens (including phenoxy) is 2. The summed E-state index contributed by atoms with van der Waals surface area (Å²) in [6.07, 6.45) is 1.64. The molecule has 0 aliphatic heterocycles. The number of anilines is 1. The van der Waals surface area contributed by atoms with Crippen LogP contribution in [0.15, 0.2) is 59.7 Å². The lowest BCUT2D eigenvalue weighted by molar-refractivity contribution is 0.252. The molecule has 2 N–H and O–H groups in total. The summed E-state index contributed by atoms with van der Waals surface area (Å²) in [6, 6.07) is 16.7. The highest BCUT2D eigenvalue weighted by molar-refractivity contribution is 5.90. The molecule has 3 aromatic rings. The molecule has 1 aromatic heterocycles. The van der Waals surface area contributed by atoms with Gasteiger partial charge in [0.15, 0.2) is 0 Å². The molecule has 0 radical (unpaired) electrons. The Bertz CT molecular complexity index is 1040. The molecule has 31 heavy (non-hydrogen) atoms. The van der Waals surface area contributed by atoms with Crippen molar-refractivity contribution >= 4 is 17.9 Å². The SMILES string of the molecule is CCOc1ccc(NC(=O)N/N=C/c2cc(C)n(-c3ccc(OCC)cc3)c2C)cc1. The maximum Gasteiger partial charge on any atom is 0.339 e. The number of nitrogens with zero attached hydrogens (tertiary/aromatic N) is 2. The van der Waals surface area contributed by atoms with Crippen LogP contribution < -0.4 is 20.2 Å². The number of nitrogens with one attached hydrogen (secondary N) is 2. The first-order chi connectivity index (χ1) is 15.0. The van der Waals surface area contributed by atoms with Crippen molar-refractivity contribution in [2.75, 3.05) is 18.5 Å². The first-order valence-corrected chi connectivity index (χ1v) is 10.3. The molecule has 0 unspecified atom stereocenters. The van der Waals surface area contributed by atoms with Crippen LogP contribution in [0.4, 0.5) is 10.5 Å². The van der Waals surface area contributed by atoms with Gasteiger partial charge in [0, 0.05) is 28.3 Å². The van der Waals surface area contributed by atoms with E-state index in [1.165, 1.54) is 0 Å². The summed E-state index contributed by atoms with van der Waals surface area (Å²) in [4.78, 5) is 12.1. The van der Waals surface area contributed by atoms with Crippen molar-refractivity contribution in [1.29, 1.82) is 0 Å². The first kappa shape index (κ1) is 22.0. The van der Waals surface area contributed by atoms with Crippen LogP contribution >= 0.6 is 0 Å². The molecule has 7 nitrogen and oxygen atoms in total. The topological polar surface area (TPSA) is 76.9 Å². The molecular weight excluding hydrogens is 392 g/mol. The molecule has 0 aliphatic carbocycles. The summed E-state index contributed by atoms with van der Waals surface area (Å²) in [5, 5.41) is 6.82. The van der Waals surface area contributed by atoms with Crippen molar-refractivity contribution in [3.8, 4) is 17.2 Å². The van der Waals surface area contributed by atoms with Gasteiger partial charge in [-0.25, -0.2) is 10.2 Å². The van der Waals surface area contributed by atoms with Crippen molar-refractivity contribution in [1.82, 2.24) is 9.99 Å². The summed E-state index contributed by atoms with van der Waals surface area (Å²) in [5.74, 6) is 1.60. The first-order valence-electron chi connectivity index (χ1n) is 10.3. The van der Waals surface area contributed by atoms with Crippen LogP contribution in [0.3, 0.4) is 0 Å². The second kappa shape index (κ2) is 10.3. The number of urea groups is 1. The lowest BCUT2D eigenvalue weighted by atomic mass is 10.2.